The van der Waals surface area contributed by atoms with E-state index in [1.165, 1.54) is 5.56 Å². The van der Waals surface area contributed by atoms with Crippen LogP contribution in [0.2, 0.25) is 0 Å². The number of ether oxygens (including phenoxy) is 1. The zero-order chi connectivity index (χ0) is 12.4. The summed E-state index contributed by atoms with van der Waals surface area (Å²) in [6, 6.07) is 3.99. The highest BCUT2D eigenvalue weighted by atomic mass is 16.5. The SMILES string of the molecule is COc1c(-c2nccnc2N)ccc(C)c1C. The number of aryl methyl sites for hydroxylation is 1. The van der Waals surface area contributed by atoms with Gasteiger partial charge in [0.05, 0.1) is 7.11 Å². The molecule has 0 fully saturated rings. The molecule has 1 aromatic carbocycles. The van der Waals surface area contributed by atoms with Crippen molar-refractivity contribution in [3.8, 4) is 17.0 Å². The first kappa shape index (κ1) is 11.4. The average Bonchev–Trinajstić information content (AvgIpc) is 2.33. The lowest BCUT2D eigenvalue weighted by Gasteiger charge is -2.13. The molecule has 2 rings (SSSR count). The summed E-state index contributed by atoms with van der Waals surface area (Å²) in [7, 11) is 1.65. The Morgan fingerprint density at radius 3 is 2.47 bits per heavy atom. The normalized spacial score (nSPS) is 10.3. The molecule has 0 amide bonds. The maximum atomic E-state index is 5.84. The maximum absolute atomic E-state index is 5.84. The summed E-state index contributed by atoms with van der Waals surface area (Å²) in [5.74, 6) is 1.21. The Kier molecular flexibility index (Phi) is 2.95. The number of rotatable bonds is 2. The van der Waals surface area contributed by atoms with E-state index in [9.17, 15) is 0 Å². The fraction of sp³-hybridized carbons (Fsp3) is 0.231. The number of nitrogens with two attached hydrogens (primary N) is 1. The van der Waals surface area contributed by atoms with Crippen molar-refractivity contribution in [1.82, 2.24) is 9.97 Å². The van der Waals surface area contributed by atoms with E-state index in [0.29, 0.717) is 11.5 Å². The predicted molar refractivity (Wildman–Crippen MR) is 67.9 cm³/mol. The third kappa shape index (κ3) is 1.93. The van der Waals surface area contributed by atoms with Gasteiger partial charge < -0.3 is 10.5 Å². The number of nitrogen functional groups attached to an aromatic ring is 1. The van der Waals surface area contributed by atoms with Crippen molar-refractivity contribution in [3.63, 3.8) is 0 Å². The molecule has 2 aromatic rings. The number of nitrogens with zero attached hydrogens (tertiary/aromatic N) is 2. The summed E-state index contributed by atoms with van der Waals surface area (Å²) in [5.41, 5.74) is 9.64. The van der Waals surface area contributed by atoms with Crippen molar-refractivity contribution in [2.24, 2.45) is 0 Å². The third-order valence-corrected chi connectivity index (χ3v) is 2.86. The molecule has 0 aliphatic carbocycles. The Balaban J connectivity index is 2.68. The van der Waals surface area contributed by atoms with Crippen LogP contribution in [0.4, 0.5) is 5.82 Å². The minimum absolute atomic E-state index is 0.411. The molecule has 0 radical (unpaired) electrons. The highest BCUT2D eigenvalue weighted by Gasteiger charge is 2.13. The number of hydrogen-bond acceptors (Lipinski definition) is 4. The zero-order valence-corrected chi connectivity index (χ0v) is 10.2. The van der Waals surface area contributed by atoms with E-state index >= 15 is 0 Å². The molecule has 4 heteroatoms. The molecule has 0 aliphatic heterocycles. The standard InChI is InChI=1S/C13H15N3O/c1-8-4-5-10(12(17-3)9(8)2)11-13(14)16-7-6-15-11/h4-7H,1-3H3,(H2,14,16). The van der Waals surface area contributed by atoms with Crippen LogP contribution in [0.15, 0.2) is 24.5 Å². The van der Waals surface area contributed by atoms with Crippen LogP contribution in [0, 0.1) is 13.8 Å². The number of anilines is 1. The molecule has 2 N–H and O–H groups in total. The molecule has 0 saturated heterocycles. The summed E-state index contributed by atoms with van der Waals surface area (Å²) in [6.07, 6.45) is 3.20. The van der Waals surface area contributed by atoms with E-state index in [4.69, 9.17) is 10.5 Å². The van der Waals surface area contributed by atoms with Crippen LogP contribution in [0.1, 0.15) is 11.1 Å². The van der Waals surface area contributed by atoms with Gasteiger partial charge in [0.1, 0.15) is 17.3 Å². The summed E-state index contributed by atoms with van der Waals surface area (Å²) >= 11 is 0. The lowest BCUT2D eigenvalue weighted by molar-refractivity contribution is 0.413. The van der Waals surface area contributed by atoms with E-state index in [-0.39, 0.29) is 0 Å². The summed E-state index contributed by atoms with van der Waals surface area (Å²) in [4.78, 5) is 8.30. The fourth-order valence-corrected chi connectivity index (χ4v) is 1.80. The highest BCUT2D eigenvalue weighted by Crippen LogP contribution is 2.35. The Morgan fingerprint density at radius 1 is 1.12 bits per heavy atom. The molecule has 0 atom stereocenters. The van der Waals surface area contributed by atoms with Crippen molar-refractivity contribution in [3.05, 3.63) is 35.7 Å². The minimum atomic E-state index is 0.411. The van der Waals surface area contributed by atoms with E-state index in [1.54, 1.807) is 19.5 Å². The molecule has 0 saturated carbocycles. The van der Waals surface area contributed by atoms with Crippen LogP contribution in [0.5, 0.6) is 5.75 Å². The molecule has 1 heterocycles. The van der Waals surface area contributed by atoms with E-state index in [0.717, 1.165) is 16.9 Å². The number of aromatic nitrogens is 2. The number of methoxy groups -OCH3 is 1. The van der Waals surface area contributed by atoms with Gasteiger partial charge >= 0.3 is 0 Å². The molecule has 17 heavy (non-hydrogen) atoms. The monoisotopic (exact) mass is 229 g/mol. The third-order valence-electron chi connectivity index (χ3n) is 2.86. The topological polar surface area (TPSA) is 61.0 Å². The second kappa shape index (κ2) is 4.41. The van der Waals surface area contributed by atoms with Crippen LogP contribution in [0.3, 0.4) is 0 Å². The van der Waals surface area contributed by atoms with Gasteiger partial charge in [0, 0.05) is 18.0 Å². The maximum Gasteiger partial charge on any atom is 0.150 e. The highest BCUT2D eigenvalue weighted by molar-refractivity contribution is 5.76. The molecular weight excluding hydrogens is 214 g/mol. The van der Waals surface area contributed by atoms with Crippen LogP contribution < -0.4 is 10.5 Å². The Morgan fingerprint density at radius 2 is 1.82 bits per heavy atom. The predicted octanol–water partition coefficient (Wildman–Crippen LogP) is 2.35. The molecule has 0 unspecified atom stereocenters. The summed E-state index contributed by atoms with van der Waals surface area (Å²) in [6.45, 7) is 4.06. The molecule has 0 bridgehead atoms. The van der Waals surface area contributed by atoms with E-state index in [2.05, 4.69) is 9.97 Å². The smallest absolute Gasteiger partial charge is 0.150 e. The van der Waals surface area contributed by atoms with Gasteiger partial charge in [0.15, 0.2) is 0 Å². The molecule has 1 aromatic heterocycles. The van der Waals surface area contributed by atoms with Crippen molar-refractivity contribution >= 4 is 5.82 Å². The Hall–Kier alpha value is -2.10. The van der Waals surface area contributed by atoms with Crippen molar-refractivity contribution in [1.29, 1.82) is 0 Å². The van der Waals surface area contributed by atoms with Gasteiger partial charge in [-0.25, -0.2) is 4.98 Å². The van der Waals surface area contributed by atoms with Crippen LogP contribution in [-0.4, -0.2) is 17.1 Å². The molecular formula is C13H15N3O. The van der Waals surface area contributed by atoms with Gasteiger partial charge in [0.2, 0.25) is 0 Å². The van der Waals surface area contributed by atoms with Gasteiger partial charge in [-0.05, 0) is 31.0 Å². The molecule has 88 valence electrons. The second-order valence-electron chi connectivity index (χ2n) is 3.88. The average molecular weight is 229 g/mol. The zero-order valence-electron chi connectivity index (χ0n) is 10.2. The van der Waals surface area contributed by atoms with Crippen LogP contribution in [-0.2, 0) is 0 Å². The van der Waals surface area contributed by atoms with Crippen LogP contribution >= 0.6 is 0 Å². The lowest BCUT2D eigenvalue weighted by atomic mass is 10.0. The van der Waals surface area contributed by atoms with Gasteiger partial charge in [-0.2, -0.15) is 0 Å². The van der Waals surface area contributed by atoms with Gasteiger partial charge in [-0.1, -0.05) is 6.07 Å². The summed E-state index contributed by atoms with van der Waals surface area (Å²) < 4.78 is 5.44. The van der Waals surface area contributed by atoms with E-state index in [1.807, 2.05) is 26.0 Å². The van der Waals surface area contributed by atoms with E-state index < -0.39 is 0 Å². The van der Waals surface area contributed by atoms with Crippen molar-refractivity contribution in [2.75, 3.05) is 12.8 Å². The van der Waals surface area contributed by atoms with Gasteiger partial charge in [-0.3, -0.25) is 4.98 Å². The summed E-state index contributed by atoms with van der Waals surface area (Å²) in [5, 5.41) is 0. The molecule has 0 aliphatic rings. The largest absolute Gasteiger partial charge is 0.496 e. The fourth-order valence-electron chi connectivity index (χ4n) is 1.80. The lowest BCUT2D eigenvalue weighted by Crippen LogP contribution is -1.99. The van der Waals surface area contributed by atoms with Crippen molar-refractivity contribution < 1.29 is 4.74 Å². The molecule has 0 spiro atoms. The van der Waals surface area contributed by atoms with Crippen LogP contribution in [0.25, 0.3) is 11.3 Å². The van der Waals surface area contributed by atoms with Crippen molar-refractivity contribution in [2.45, 2.75) is 13.8 Å². The minimum Gasteiger partial charge on any atom is -0.496 e. The Bertz CT molecular complexity index is 552. The number of benzene rings is 1. The van der Waals surface area contributed by atoms with Gasteiger partial charge in [0.25, 0.3) is 0 Å². The molecule has 4 nitrogen and oxygen atoms in total. The first-order chi connectivity index (χ1) is 8.15. The van der Waals surface area contributed by atoms with Gasteiger partial charge in [-0.15, -0.1) is 0 Å². The second-order valence-corrected chi connectivity index (χ2v) is 3.88. The first-order valence-electron chi connectivity index (χ1n) is 5.36. The first-order valence-corrected chi connectivity index (χ1v) is 5.36. The number of hydrogen-bond donors (Lipinski definition) is 1. The quantitative estimate of drug-likeness (QED) is 0.858. The Labute approximate surface area is 100 Å².